The summed E-state index contributed by atoms with van der Waals surface area (Å²) in [4.78, 5) is 12.2. The van der Waals surface area contributed by atoms with Crippen LogP contribution in [0.25, 0.3) is 11.2 Å². The molecule has 0 unspecified atom stereocenters. The van der Waals surface area contributed by atoms with E-state index < -0.39 is 6.10 Å². The number of aromatic nitrogens is 4. The zero-order valence-electron chi connectivity index (χ0n) is 10.3. The van der Waals surface area contributed by atoms with Gasteiger partial charge in [0.15, 0.2) is 11.5 Å². The Labute approximate surface area is 114 Å². The minimum atomic E-state index is -0.484. The molecule has 2 aromatic heterocycles. The number of hydrogen-bond donors (Lipinski definition) is 2. The average molecular weight is 284 g/mol. The number of halogens is 1. The third-order valence-electron chi connectivity index (χ3n) is 3.34. The second-order valence-electron chi connectivity index (χ2n) is 4.54. The number of rotatable bonds is 2. The van der Waals surface area contributed by atoms with Gasteiger partial charge in [-0.05, 0) is 18.0 Å². The lowest BCUT2D eigenvalue weighted by atomic mass is 10.1. The van der Waals surface area contributed by atoms with E-state index in [-0.39, 0.29) is 23.4 Å². The summed E-state index contributed by atoms with van der Waals surface area (Å²) in [5.41, 5.74) is 6.76. The van der Waals surface area contributed by atoms with Crippen LogP contribution in [-0.4, -0.2) is 36.8 Å². The Kier molecular flexibility index (Phi) is 3.04. The molecule has 1 aliphatic rings. The highest BCUT2D eigenvalue weighted by Gasteiger charge is 2.34. The van der Waals surface area contributed by atoms with Crippen molar-refractivity contribution >= 4 is 28.6 Å². The molecule has 7 nitrogen and oxygen atoms in total. The third kappa shape index (κ3) is 2.03. The summed E-state index contributed by atoms with van der Waals surface area (Å²) in [6.45, 7) is 1.97. The summed E-state index contributed by atoms with van der Waals surface area (Å²) < 4.78 is 7.52. The summed E-state index contributed by atoms with van der Waals surface area (Å²) >= 11 is 5.81. The van der Waals surface area contributed by atoms with Crippen molar-refractivity contribution in [1.29, 1.82) is 0 Å². The van der Waals surface area contributed by atoms with Gasteiger partial charge in [-0.15, -0.1) is 0 Å². The van der Waals surface area contributed by atoms with Gasteiger partial charge in [-0.2, -0.15) is 9.97 Å². The standard InChI is InChI=1S/C11H14ClN5O2/c1-2-6-5(18)3-7(19-6)17-4-14-8-9(13)15-11(12)16-10(8)17/h4-7,18H,2-3H2,1H3,(H2,13,15,16)/t5-,6+,7+/m0/s1. The van der Waals surface area contributed by atoms with E-state index >= 15 is 0 Å². The average Bonchev–Trinajstić information content (AvgIpc) is 2.92. The predicted octanol–water partition coefficient (Wildman–Crippen LogP) is 1.12. The molecule has 0 aromatic carbocycles. The summed E-state index contributed by atoms with van der Waals surface area (Å²) in [6.07, 6.45) is 1.87. The maximum Gasteiger partial charge on any atom is 0.226 e. The van der Waals surface area contributed by atoms with Crippen molar-refractivity contribution in [2.75, 3.05) is 5.73 Å². The van der Waals surface area contributed by atoms with Crippen molar-refractivity contribution in [2.24, 2.45) is 0 Å². The molecule has 1 saturated heterocycles. The number of anilines is 1. The summed E-state index contributed by atoms with van der Waals surface area (Å²) in [7, 11) is 0. The highest BCUT2D eigenvalue weighted by molar-refractivity contribution is 6.28. The molecule has 3 heterocycles. The minimum absolute atomic E-state index is 0.0670. The molecule has 0 spiro atoms. The maximum atomic E-state index is 9.90. The van der Waals surface area contributed by atoms with Crippen LogP contribution in [0.15, 0.2) is 6.33 Å². The molecular weight excluding hydrogens is 270 g/mol. The number of hydrogen-bond acceptors (Lipinski definition) is 6. The number of aliphatic hydroxyl groups is 1. The molecule has 3 rings (SSSR count). The fourth-order valence-corrected chi connectivity index (χ4v) is 2.55. The molecule has 0 bridgehead atoms. The molecule has 8 heteroatoms. The van der Waals surface area contributed by atoms with Crippen LogP contribution >= 0.6 is 11.6 Å². The van der Waals surface area contributed by atoms with Crippen LogP contribution in [0.5, 0.6) is 0 Å². The first-order valence-corrected chi connectivity index (χ1v) is 6.47. The molecule has 19 heavy (non-hydrogen) atoms. The van der Waals surface area contributed by atoms with Crippen molar-refractivity contribution in [3.63, 3.8) is 0 Å². The van der Waals surface area contributed by atoms with Crippen LogP contribution in [0.2, 0.25) is 5.28 Å². The zero-order chi connectivity index (χ0) is 13.6. The van der Waals surface area contributed by atoms with E-state index in [4.69, 9.17) is 22.1 Å². The highest BCUT2D eigenvalue weighted by atomic mass is 35.5. The Morgan fingerprint density at radius 3 is 3.05 bits per heavy atom. The molecule has 1 aliphatic heterocycles. The van der Waals surface area contributed by atoms with E-state index in [9.17, 15) is 5.11 Å². The van der Waals surface area contributed by atoms with Gasteiger partial charge < -0.3 is 15.6 Å². The molecule has 0 amide bonds. The predicted molar refractivity (Wildman–Crippen MR) is 69.6 cm³/mol. The molecule has 0 aliphatic carbocycles. The molecule has 3 atom stereocenters. The van der Waals surface area contributed by atoms with Gasteiger partial charge in [0.2, 0.25) is 5.28 Å². The summed E-state index contributed by atoms with van der Waals surface area (Å²) in [5, 5.41) is 9.96. The van der Waals surface area contributed by atoms with Crippen LogP contribution in [0.1, 0.15) is 26.0 Å². The fourth-order valence-electron chi connectivity index (χ4n) is 2.38. The SMILES string of the molecule is CC[C@H]1O[C@@H](n2cnc3c(N)nc(Cl)nc32)C[C@@H]1O. The van der Waals surface area contributed by atoms with Gasteiger partial charge in [0.05, 0.1) is 18.5 Å². The number of nitrogens with two attached hydrogens (primary N) is 1. The van der Waals surface area contributed by atoms with Gasteiger partial charge in [-0.1, -0.05) is 6.92 Å². The van der Waals surface area contributed by atoms with Crippen molar-refractivity contribution in [3.8, 4) is 0 Å². The van der Waals surface area contributed by atoms with Gasteiger partial charge >= 0.3 is 0 Å². The second-order valence-corrected chi connectivity index (χ2v) is 4.88. The van der Waals surface area contributed by atoms with Gasteiger partial charge in [-0.3, -0.25) is 4.57 Å². The highest BCUT2D eigenvalue weighted by Crippen LogP contribution is 2.32. The lowest BCUT2D eigenvalue weighted by Gasteiger charge is -2.14. The Morgan fingerprint density at radius 2 is 2.37 bits per heavy atom. The molecule has 102 valence electrons. The number of nitrogen functional groups attached to an aromatic ring is 1. The summed E-state index contributed by atoms with van der Waals surface area (Å²) in [6, 6.07) is 0. The van der Waals surface area contributed by atoms with Crippen molar-refractivity contribution in [2.45, 2.75) is 38.2 Å². The number of fused-ring (bicyclic) bond motifs is 1. The van der Waals surface area contributed by atoms with Crippen LogP contribution < -0.4 is 5.73 Å². The lowest BCUT2D eigenvalue weighted by molar-refractivity contribution is -0.0183. The molecular formula is C11H14ClN5O2. The number of nitrogens with zero attached hydrogens (tertiary/aromatic N) is 4. The molecule has 0 saturated carbocycles. The molecule has 3 N–H and O–H groups in total. The third-order valence-corrected chi connectivity index (χ3v) is 3.51. The topological polar surface area (TPSA) is 99.1 Å². The first-order chi connectivity index (χ1) is 9.10. The number of ether oxygens (including phenoxy) is 1. The lowest BCUT2D eigenvalue weighted by Crippen LogP contribution is -2.19. The summed E-state index contributed by atoms with van der Waals surface area (Å²) in [5.74, 6) is 0.235. The van der Waals surface area contributed by atoms with Gasteiger partial charge in [-0.25, -0.2) is 4.98 Å². The Morgan fingerprint density at radius 1 is 1.58 bits per heavy atom. The minimum Gasteiger partial charge on any atom is -0.390 e. The second kappa shape index (κ2) is 4.59. The monoisotopic (exact) mass is 283 g/mol. The largest absolute Gasteiger partial charge is 0.390 e. The molecule has 1 fully saturated rings. The van der Waals surface area contributed by atoms with Crippen molar-refractivity contribution in [3.05, 3.63) is 11.6 Å². The fraction of sp³-hybridized carbons (Fsp3) is 0.545. The Balaban J connectivity index is 2.02. The van der Waals surface area contributed by atoms with Crippen LogP contribution in [0.3, 0.4) is 0 Å². The molecule has 0 radical (unpaired) electrons. The van der Waals surface area contributed by atoms with Gasteiger partial charge in [0, 0.05) is 6.42 Å². The van der Waals surface area contributed by atoms with E-state index in [1.165, 1.54) is 0 Å². The zero-order valence-corrected chi connectivity index (χ0v) is 11.1. The van der Waals surface area contributed by atoms with E-state index in [1.807, 2.05) is 6.92 Å². The van der Waals surface area contributed by atoms with E-state index in [1.54, 1.807) is 10.9 Å². The van der Waals surface area contributed by atoms with Crippen molar-refractivity contribution in [1.82, 2.24) is 19.5 Å². The number of aliphatic hydroxyl groups excluding tert-OH is 1. The normalized spacial score (nSPS) is 27.2. The number of imidazole rings is 1. The first-order valence-electron chi connectivity index (χ1n) is 6.09. The quantitative estimate of drug-likeness (QED) is 0.801. The Bertz CT molecular complexity index is 616. The molecule has 2 aromatic rings. The van der Waals surface area contributed by atoms with Crippen LogP contribution in [-0.2, 0) is 4.74 Å². The van der Waals surface area contributed by atoms with Gasteiger partial charge in [0.25, 0.3) is 0 Å². The smallest absolute Gasteiger partial charge is 0.226 e. The van der Waals surface area contributed by atoms with Crippen molar-refractivity contribution < 1.29 is 9.84 Å². The van der Waals surface area contributed by atoms with Crippen LogP contribution in [0.4, 0.5) is 5.82 Å². The maximum absolute atomic E-state index is 9.90. The van der Waals surface area contributed by atoms with Crippen LogP contribution in [0, 0.1) is 0 Å². The van der Waals surface area contributed by atoms with E-state index in [0.29, 0.717) is 17.6 Å². The van der Waals surface area contributed by atoms with E-state index in [0.717, 1.165) is 6.42 Å². The Hall–Kier alpha value is -1.44. The van der Waals surface area contributed by atoms with E-state index in [2.05, 4.69) is 15.0 Å². The first kappa shape index (κ1) is 12.6. The van der Waals surface area contributed by atoms with Gasteiger partial charge in [0.1, 0.15) is 11.7 Å².